The summed E-state index contributed by atoms with van der Waals surface area (Å²) in [5.74, 6) is 0.587. The summed E-state index contributed by atoms with van der Waals surface area (Å²) in [6.07, 6.45) is 0. The molecule has 0 saturated heterocycles. The number of nitrogen functional groups attached to an aromatic ring is 1. The number of methoxy groups -OCH3 is 1. The Balaban J connectivity index is 2.04. The van der Waals surface area contributed by atoms with Gasteiger partial charge in [-0.05, 0) is 12.1 Å². The summed E-state index contributed by atoms with van der Waals surface area (Å²) in [6.45, 7) is 1.07. The summed E-state index contributed by atoms with van der Waals surface area (Å²) in [6, 6.07) is 7.47. The maximum atomic E-state index is 11.6. The van der Waals surface area contributed by atoms with Crippen molar-refractivity contribution >= 4 is 28.6 Å². The molecule has 0 aliphatic heterocycles. The zero-order valence-corrected chi connectivity index (χ0v) is 11.2. The fraction of sp³-hybridized carbons (Fsp3) is 0.308. The predicted molar refractivity (Wildman–Crippen MR) is 77.3 cm³/mol. The Labute approximate surface area is 116 Å². The Kier molecular flexibility index (Phi) is 4.67. The number of ether oxygens (including phenoxy) is 1. The Hall–Kier alpha value is -2.41. The van der Waals surface area contributed by atoms with Gasteiger partial charge in [0, 0.05) is 19.0 Å². The summed E-state index contributed by atoms with van der Waals surface area (Å²) in [7, 11) is 1.58. The molecule has 0 fully saturated rings. The number of aromatic nitrogens is 2. The van der Waals surface area contributed by atoms with Crippen LogP contribution in [0.15, 0.2) is 24.3 Å². The molecule has 1 aromatic heterocycles. The van der Waals surface area contributed by atoms with E-state index in [-0.39, 0.29) is 18.4 Å². The van der Waals surface area contributed by atoms with E-state index in [1.165, 1.54) is 0 Å². The van der Waals surface area contributed by atoms with E-state index in [0.717, 1.165) is 10.9 Å². The Bertz CT molecular complexity index is 602. The number of carbonyl (C=O) groups excluding carboxylic acids is 1. The van der Waals surface area contributed by atoms with Gasteiger partial charge in [-0.2, -0.15) is 4.98 Å². The third-order valence-corrected chi connectivity index (χ3v) is 2.67. The van der Waals surface area contributed by atoms with Gasteiger partial charge in [0.25, 0.3) is 0 Å². The number of hydrogen-bond acceptors (Lipinski definition) is 6. The predicted octanol–water partition coefficient (Wildman–Crippen LogP) is 0.387. The Morgan fingerprint density at radius 1 is 1.35 bits per heavy atom. The van der Waals surface area contributed by atoms with Crippen LogP contribution in [0.4, 0.5) is 11.8 Å². The van der Waals surface area contributed by atoms with Gasteiger partial charge in [0.1, 0.15) is 5.82 Å². The number of anilines is 2. The van der Waals surface area contributed by atoms with E-state index in [1.807, 2.05) is 24.3 Å². The van der Waals surface area contributed by atoms with Crippen molar-refractivity contribution in [3.63, 3.8) is 0 Å². The monoisotopic (exact) mass is 275 g/mol. The molecule has 0 aliphatic rings. The topological polar surface area (TPSA) is 102 Å². The van der Waals surface area contributed by atoms with Crippen molar-refractivity contribution in [2.75, 3.05) is 37.9 Å². The molecule has 2 aromatic rings. The number of rotatable bonds is 6. The molecule has 0 saturated carbocycles. The smallest absolute Gasteiger partial charge is 0.239 e. The molecule has 0 unspecified atom stereocenters. The molecule has 1 heterocycles. The Morgan fingerprint density at radius 3 is 2.95 bits per heavy atom. The van der Waals surface area contributed by atoms with E-state index in [4.69, 9.17) is 10.5 Å². The molecule has 0 radical (unpaired) electrons. The summed E-state index contributed by atoms with van der Waals surface area (Å²) < 4.78 is 4.86. The molecule has 7 nitrogen and oxygen atoms in total. The third-order valence-electron chi connectivity index (χ3n) is 2.67. The SMILES string of the molecule is COCCNC(=O)CNc1nc(N)nc2ccccc12. The normalized spacial score (nSPS) is 10.4. The largest absolute Gasteiger partial charge is 0.383 e. The van der Waals surface area contributed by atoms with Crippen LogP contribution in [0, 0.1) is 0 Å². The second-order valence-electron chi connectivity index (χ2n) is 4.14. The average Bonchev–Trinajstić information content (AvgIpc) is 2.45. The fourth-order valence-corrected chi connectivity index (χ4v) is 1.75. The molecule has 0 aliphatic carbocycles. The molecule has 0 spiro atoms. The first-order chi connectivity index (χ1) is 9.70. The fourth-order valence-electron chi connectivity index (χ4n) is 1.75. The highest BCUT2D eigenvalue weighted by molar-refractivity contribution is 5.91. The van der Waals surface area contributed by atoms with Gasteiger partial charge in [0.2, 0.25) is 11.9 Å². The maximum Gasteiger partial charge on any atom is 0.239 e. The minimum Gasteiger partial charge on any atom is -0.383 e. The van der Waals surface area contributed by atoms with Crippen LogP contribution in [-0.4, -0.2) is 42.7 Å². The first-order valence-electron chi connectivity index (χ1n) is 6.22. The second kappa shape index (κ2) is 6.67. The lowest BCUT2D eigenvalue weighted by Crippen LogP contribution is -2.32. The van der Waals surface area contributed by atoms with Crippen molar-refractivity contribution in [2.45, 2.75) is 0 Å². The molecule has 0 atom stereocenters. The van der Waals surface area contributed by atoms with Crippen molar-refractivity contribution < 1.29 is 9.53 Å². The first kappa shape index (κ1) is 14.0. The number of nitrogens with zero attached hydrogens (tertiary/aromatic N) is 2. The maximum absolute atomic E-state index is 11.6. The number of fused-ring (bicyclic) bond motifs is 1. The van der Waals surface area contributed by atoms with Crippen LogP contribution in [-0.2, 0) is 9.53 Å². The van der Waals surface area contributed by atoms with E-state index in [0.29, 0.717) is 19.0 Å². The number of carbonyl (C=O) groups is 1. The molecule has 2 rings (SSSR count). The highest BCUT2D eigenvalue weighted by atomic mass is 16.5. The quantitative estimate of drug-likeness (QED) is 0.659. The number of nitrogens with one attached hydrogen (secondary N) is 2. The van der Waals surface area contributed by atoms with Crippen molar-refractivity contribution in [1.82, 2.24) is 15.3 Å². The molecule has 4 N–H and O–H groups in total. The summed E-state index contributed by atoms with van der Waals surface area (Å²) in [4.78, 5) is 19.9. The van der Waals surface area contributed by atoms with Crippen LogP contribution in [0.5, 0.6) is 0 Å². The van der Waals surface area contributed by atoms with Crippen LogP contribution in [0.1, 0.15) is 0 Å². The van der Waals surface area contributed by atoms with Gasteiger partial charge in [-0.25, -0.2) is 4.98 Å². The standard InChI is InChI=1S/C13H17N5O2/c1-20-7-6-15-11(19)8-16-12-9-4-2-3-5-10(9)17-13(14)18-12/h2-5H,6-8H2,1H3,(H,15,19)(H3,14,16,17,18). The van der Waals surface area contributed by atoms with Crippen molar-refractivity contribution in [1.29, 1.82) is 0 Å². The molecule has 20 heavy (non-hydrogen) atoms. The molecule has 106 valence electrons. The first-order valence-corrected chi connectivity index (χ1v) is 6.22. The molecule has 7 heteroatoms. The average molecular weight is 275 g/mol. The highest BCUT2D eigenvalue weighted by Gasteiger charge is 2.07. The minimum absolute atomic E-state index is 0.115. The van der Waals surface area contributed by atoms with Crippen LogP contribution in [0.3, 0.4) is 0 Å². The van der Waals surface area contributed by atoms with Gasteiger partial charge in [0.15, 0.2) is 0 Å². The van der Waals surface area contributed by atoms with Gasteiger partial charge >= 0.3 is 0 Å². The minimum atomic E-state index is -0.136. The number of benzene rings is 1. The van der Waals surface area contributed by atoms with Crippen molar-refractivity contribution in [3.05, 3.63) is 24.3 Å². The van der Waals surface area contributed by atoms with Crippen molar-refractivity contribution in [2.24, 2.45) is 0 Å². The van der Waals surface area contributed by atoms with Gasteiger partial charge in [0.05, 0.1) is 18.7 Å². The molecule has 0 bridgehead atoms. The highest BCUT2D eigenvalue weighted by Crippen LogP contribution is 2.20. The van der Waals surface area contributed by atoms with Gasteiger partial charge in [-0.1, -0.05) is 12.1 Å². The van der Waals surface area contributed by atoms with Crippen molar-refractivity contribution in [3.8, 4) is 0 Å². The van der Waals surface area contributed by atoms with Crippen LogP contribution in [0.25, 0.3) is 10.9 Å². The lowest BCUT2D eigenvalue weighted by Gasteiger charge is -2.09. The third kappa shape index (κ3) is 3.55. The molecule has 1 amide bonds. The molecular weight excluding hydrogens is 258 g/mol. The summed E-state index contributed by atoms with van der Waals surface area (Å²) in [5.41, 5.74) is 6.39. The van der Waals surface area contributed by atoms with Gasteiger partial charge in [-0.15, -0.1) is 0 Å². The summed E-state index contributed by atoms with van der Waals surface area (Å²) in [5, 5.41) is 6.51. The van der Waals surface area contributed by atoms with E-state index in [9.17, 15) is 4.79 Å². The number of amides is 1. The zero-order chi connectivity index (χ0) is 14.4. The number of hydrogen-bond donors (Lipinski definition) is 3. The van der Waals surface area contributed by atoms with E-state index >= 15 is 0 Å². The molecular formula is C13H17N5O2. The van der Waals surface area contributed by atoms with Crippen LogP contribution >= 0.6 is 0 Å². The number of nitrogens with two attached hydrogens (primary N) is 1. The second-order valence-corrected chi connectivity index (χ2v) is 4.14. The van der Waals surface area contributed by atoms with E-state index in [1.54, 1.807) is 7.11 Å². The van der Waals surface area contributed by atoms with Gasteiger partial charge in [-0.3, -0.25) is 4.79 Å². The van der Waals surface area contributed by atoms with Gasteiger partial charge < -0.3 is 21.1 Å². The van der Waals surface area contributed by atoms with Crippen LogP contribution in [0.2, 0.25) is 0 Å². The lowest BCUT2D eigenvalue weighted by molar-refractivity contribution is -0.119. The van der Waals surface area contributed by atoms with E-state index in [2.05, 4.69) is 20.6 Å². The van der Waals surface area contributed by atoms with E-state index < -0.39 is 0 Å². The summed E-state index contributed by atoms with van der Waals surface area (Å²) >= 11 is 0. The molecule has 1 aromatic carbocycles. The van der Waals surface area contributed by atoms with Crippen LogP contribution < -0.4 is 16.4 Å². The number of para-hydroxylation sites is 1. The lowest BCUT2D eigenvalue weighted by atomic mass is 10.2. The zero-order valence-electron chi connectivity index (χ0n) is 11.2. The Morgan fingerprint density at radius 2 is 2.15 bits per heavy atom.